The highest BCUT2D eigenvalue weighted by molar-refractivity contribution is 5.95. The summed E-state index contributed by atoms with van der Waals surface area (Å²) >= 11 is 0. The molecule has 0 aliphatic heterocycles. The third-order valence-corrected chi connectivity index (χ3v) is 2.20. The van der Waals surface area contributed by atoms with E-state index in [0.29, 0.717) is 6.42 Å². The summed E-state index contributed by atoms with van der Waals surface area (Å²) in [4.78, 5) is 37.2. The second-order valence-corrected chi connectivity index (χ2v) is 3.55. The highest BCUT2D eigenvalue weighted by atomic mass is 16.1. The molecule has 3 N–H and O–H groups in total. The van der Waals surface area contributed by atoms with E-state index in [0.717, 1.165) is 6.42 Å². The Morgan fingerprint density at radius 3 is 2.94 bits per heavy atom. The van der Waals surface area contributed by atoms with Gasteiger partial charge >= 0.3 is 0 Å². The molecule has 2 aromatic rings. The maximum absolute atomic E-state index is 11.6. The predicted molar refractivity (Wildman–Crippen MR) is 61.6 cm³/mol. The van der Waals surface area contributed by atoms with E-state index >= 15 is 0 Å². The van der Waals surface area contributed by atoms with E-state index < -0.39 is 5.56 Å². The first-order chi connectivity index (χ1) is 8.11. The Kier molecular flexibility index (Phi) is 2.82. The second kappa shape index (κ2) is 4.28. The molecule has 0 atom stereocenters. The number of nitrogen functional groups attached to an aromatic ring is 1. The number of carbonyl (C=O) groups excluding carboxylic acids is 1. The number of ketones is 1. The summed E-state index contributed by atoms with van der Waals surface area (Å²) in [5.41, 5.74) is 5.22. The number of anilines is 1. The van der Waals surface area contributed by atoms with Crippen molar-refractivity contribution in [2.75, 3.05) is 5.73 Å². The molecule has 2 heterocycles. The number of nitrogens with one attached hydrogen (secondary N) is 1. The van der Waals surface area contributed by atoms with Crippen molar-refractivity contribution in [2.45, 2.75) is 19.8 Å². The number of fused-ring (bicyclic) bond motifs is 1. The van der Waals surface area contributed by atoms with Crippen LogP contribution in [0.2, 0.25) is 0 Å². The molecule has 0 aliphatic rings. The first-order valence-electron chi connectivity index (χ1n) is 5.17. The van der Waals surface area contributed by atoms with Gasteiger partial charge in [-0.3, -0.25) is 14.6 Å². The topological polar surface area (TPSA) is 115 Å². The van der Waals surface area contributed by atoms with Crippen molar-refractivity contribution < 1.29 is 4.79 Å². The quantitative estimate of drug-likeness (QED) is 0.735. The van der Waals surface area contributed by atoms with Crippen LogP contribution < -0.4 is 11.3 Å². The number of rotatable bonds is 3. The van der Waals surface area contributed by atoms with Gasteiger partial charge in [0, 0.05) is 6.42 Å². The van der Waals surface area contributed by atoms with Crippen LogP contribution in [-0.2, 0) is 0 Å². The summed E-state index contributed by atoms with van der Waals surface area (Å²) in [6, 6.07) is 0. The molecule has 0 spiro atoms. The van der Waals surface area contributed by atoms with Crippen molar-refractivity contribution in [1.82, 2.24) is 19.9 Å². The fraction of sp³-hybridized carbons (Fsp3) is 0.300. The van der Waals surface area contributed by atoms with E-state index in [1.807, 2.05) is 6.92 Å². The molecule has 0 aromatic carbocycles. The number of carbonyl (C=O) groups is 1. The fourth-order valence-electron chi connectivity index (χ4n) is 1.42. The average Bonchev–Trinajstić information content (AvgIpc) is 2.28. The average molecular weight is 233 g/mol. The van der Waals surface area contributed by atoms with Gasteiger partial charge in [-0.05, 0) is 6.42 Å². The monoisotopic (exact) mass is 233 g/mol. The highest BCUT2D eigenvalue weighted by Gasteiger charge is 2.11. The van der Waals surface area contributed by atoms with E-state index in [1.165, 1.54) is 6.20 Å². The van der Waals surface area contributed by atoms with Crippen LogP contribution in [0.15, 0.2) is 11.0 Å². The van der Waals surface area contributed by atoms with Gasteiger partial charge in [0.1, 0.15) is 5.69 Å². The largest absolute Gasteiger partial charge is 0.369 e. The lowest BCUT2D eigenvalue weighted by molar-refractivity contribution is 0.0977. The van der Waals surface area contributed by atoms with Gasteiger partial charge in [-0.25, -0.2) is 9.97 Å². The number of Topliss-reactive ketones (excluding diaryl/α,β-unsaturated/α-hetero) is 1. The minimum atomic E-state index is -0.494. The molecule has 7 heteroatoms. The molecule has 0 saturated carbocycles. The summed E-state index contributed by atoms with van der Waals surface area (Å²) in [6.07, 6.45) is 2.40. The molecule has 17 heavy (non-hydrogen) atoms. The lowest BCUT2D eigenvalue weighted by atomic mass is 10.2. The Labute approximate surface area is 96.1 Å². The Morgan fingerprint density at radius 2 is 2.24 bits per heavy atom. The molecule has 0 unspecified atom stereocenters. The molecule has 2 aromatic heterocycles. The third kappa shape index (κ3) is 2.12. The molecule has 0 amide bonds. The lowest BCUT2D eigenvalue weighted by Crippen LogP contribution is -2.15. The van der Waals surface area contributed by atoms with Crippen molar-refractivity contribution >= 4 is 22.9 Å². The standard InChI is InChI=1S/C10H11N5O2/c1-2-3-6(16)5-4-12-8-7(13-5)9(17)15-10(11)14-8/h4H,2-3H2,1H3,(H3,11,12,14,15,17). The Balaban J connectivity index is 2.58. The highest BCUT2D eigenvalue weighted by Crippen LogP contribution is 2.06. The summed E-state index contributed by atoms with van der Waals surface area (Å²) in [5, 5.41) is 0. The third-order valence-electron chi connectivity index (χ3n) is 2.20. The van der Waals surface area contributed by atoms with Gasteiger partial charge in [-0.15, -0.1) is 0 Å². The molecular weight excluding hydrogens is 222 g/mol. The van der Waals surface area contributed by atoms with Gasteiger partial charge in [-0.1, -0.05) is 6.92 Å². The van der Waals surface area contributed by atoms with Crippen LogP contribution in [0.3, 0.4) is 0 Å². The molecule has 0 fully saturated rings. The Morgan fingerprint density at radius 1 is 1.47 bits per heavy atom. The van der Waals surface area contributed by atoms with Crippen LogP contribution in [0.5, 0.6) is 0 Å². The molecule has 0 aliphatic carbocycles. The summed E-state index contributed by atoms with van der Waals surface area (Å²) in [6.45, 7) is 1.89. The van der Waals surface area contributed by atoms with Gasteiger partial charge < -0.3 is 5.73 Å². The van der Waals surface area contributed by atoms with Crippen molar-refractivity contribution in [2.24, 2.45) is 0 Å². The summed E-state index contributed by atoms with van der Waals surface area (Å²) in [7, 11) is 0. The summed E-state index contributed by atoms with van der Waals surface area (Å²) < 4.78 is 0. The number of H-pyrrole nitrogens is 1. The van der Waals surface area contributed by atoms with E-state index in [2.05, 4.69) is 19.9 Å². The molecular formula is C10H11N5O2. The Hall–Kier alpha value is -2.31. The van der Waals surface area contributed by atoms with Gasteiger partial charge in [-0.2, -0.15) is 4.98 Å². The van der Waals surface area contributed by atoms with E-state index in [9.17, 15) is 9.59 Å². The van der Waals surface area contributed by atoms with Gasteiger partial charge in [0.05, 0.1) is 6.20 Å². The maximum atomic E-state index is 11.6. The minimum Gasteiger partial charge on any atom is -0.369 e. The van der Waals surface area contributed by atoms with Crippen LogP contribution in [0, 0.1) is 0 Å². The first-order valence-corrected chi connectivity index (χ1v) is 5.17. The number of nitrogens with two attached hydrogens (primary N) is 1. The van der Waals surface area contributed by atoms with Crippen LogP contribution in [-0.4, -0.2) is 25.7 Å². The zero-order valence-electron chi connectivity index (χ0n) is 9.23. The number of aromatic nitrogens is 4. The first kappa shape index (κ1) is 11.2. The van der Waals surface area contributed by atoms with Crippen LogP contribution in [0.1, 0.15) is 30.3 Å². The predicted octanol–water partition coefficient (Wildman–Crippen LogP) is 0.278. The van der Waals surface area contributed by atoms with Gasteiger partial charge in [0.15, 0.2) is 16.9 Å². The molecule has 2 rings (SSSR count). The molecule has 7 nitrogen and oxygen atoms in total. The van der Waals surface area contributed by atoms with Crippen molar-refractivity contribution in [1.29, 1.82) is 0 Å². The molecule has 0 bridgehead atoms. The number of nitrogens with zero attached hydrogens (tertiary/aromatic N) is 3. The zero-order valence-corrected chi connectivity index (χ0v) is 9.23. The lowest BCUT2D eigenvalue weighted by Gasteiger charge is -2.00. The van der Waals surface area contributed by atoms with Gasteiger partial charge in [0.2, 0.25) is 5.95 Å². The van der Waals surface area contributed by atoms with Gasteiger partial charge in [0.25, 0.3) is 5.56 Å². The smallest absolute Gasteiger partial charge is 0.280 e. The van der Waals surface area contributed by atoms with Crippen LogP contribution in [0.25, 0.3) is 11.2 Å². The summed E-state index contributed by atoms with van der Waals surface area (Å²) in [5.74, 6) is -0.164. The SMILES string of the molecule is CCCC(=O)c1cnc2nc(N)[nH]c(=O)c2n1. The van der Waals surface area contributed by atoms with Crippen molar-refractivity contribution in [3.05, 3.63) is 22.2 Å². The van der Waals surface area contributed by atoms with Crippen LogP contribution in [0.4, 0.5) is 5.95 Å². The van der Waals surface area contributed by atoms with Crippen molar-refractivity contribution in [3.8, 4) is 0 Å². The number of aromatic amines is 1. The number of hydrogen-bond acceptors (Lipinski definition) is 6. The minimum absolute atomic E-state index is 0.0237. The fourth-order valence-corrected chi connectivity index (χ4v) is 1.42. The zero-order chi connectivity index (χ0) is 12.4. The number of hydrogen-bond donors (Lipinski definition) is 2. The molecule has 88 valence electrons. The van der Waals surface area contributed by atoms with E-state index in [4.69, 9.17) is 5.73 Å². The molecule has 0 saturated heterocycles. The van der Waals surface area contributed by atoms with E-state index in [-0.39, 0.29) is 28.6 Å². The second-order valence-electron chi connectivity index (χ2n) is 3.55. The molecule has 0 radical (unpaired) electrons. The normalized spacial score (nSPS) is 10.6. The van der Waals surface area contributed by atoms with E-state index in [1.54, 1.807) is 0 Å². The van der Waals surface area contributed by atoms with Crippen molar-refractivity contribution in [3.63, 3.8) is 0 Å². The van der Waals surface area contributed by atoms with Crippen LogP contribution >= 0.6 is 0 Å². The maximum Gasteiger partial charge on any atom is 0.280 e. The Bertz CT molecular complexity index is 634.